The maximum absolute atomic E-state index is 12.3. The topological polar surface area (TPSA) is 91.8 Å². The molecule has 7 nitrogen and oxygen atoms in total. The fourth-order valence-corrected chi connectivity index (χ4v) is 2.83. The number of carbonyl (C=O) groups excluding carboxylic acids is 2. The number of hydrogen-bond acceptors (Lipinski definition) is 3. The van der Waals surface area contributed by atoms with E-state index in [4.69, 9.17) is 0 Å². The predicted octanol–water partition coefficient (Wildman–Crippen LogP) is 3.11. The van der Waals surface area contributed by atoms with Gasteiger partial charge >= 0.3 is 0 Å². The number of benzene rings is 1. The summed E-state index contributed by atoms with van der Waals surface area (Å²) in [4.78, 5) is 27.0. The molecule has 0 fully saturated rings. The van der Waals surface area contributed by atoms with E-state index in [2.05, 4.69) is 52.8 Å². The van der Waals surface area contributed by atoms with Gasteiger partial charge in [0.25, 0.3) is 11.8 Å². The molecule has 0 atom stereocenters. The zero-order valence-electron chi connectivity index (χ0n) is 13.0. The molecule has 9 heteroatoms. The van der Waals surface area contributed by atoms with Gasteiger partial charge in [0.1, 0.15) is 5.69 Å². The summed E-state index contributed by atoms with van der Waals surface area (Å²) in [5.41, 5.74) is 6.94. The van der Waals surface area contributed by atoms with Crippen LogP contribution in [0, 0.1) is 6.92 Å². The molecule has 25 heavy (non-hydrogen) atoms. The molecule has 0 aliphatic heterocycles. The van der Waals surface area contributed by atoms with Crippen LogP contribution in [0.1, 0.15) is 26.5 Å². The first-order chi connectivity index (χ1) is 12.0. The summed E-state index contributed by atoms with van der Waals surface area (Å²) in [6.45, 7) is 1.79. The Morgan fingerprint density at radius 2 is 1.76 bits per heavy atom. The van der Waals surface area contributed by atoms with E-state index in [0.717, 1.165) is 14.6 Å². The van der Waals surface area contributed by atoms with Gasteiger partial charge in [0.2, 0.25) is 0 Å². The minimum atomic E-state index is -0.447. The lowest BCUT2D eigenvalue weighted by Gasteiger charge is -2.07. The van der Waals surface area contributed by atoms with Gasteiger partial charge in [0.05, 0.1) is 23.1 Å². The van der Waals surface area contributed by atoms with Crippen LogP contribution in [0.2, 0.25) is 0 Å². The number of nitrogens with one attached hydrogen (secondary N) is 3. The Kier molecular flexibility index (Phi) is 5.05. The number of H-pyrrole nitrogens is 1. The lowest BCUT2D eigenvalue weighted by molar-refractivity contribution is 0.0844. The van der Waals surface area contributed by atoms with Crippen LogP contribution in [0.25, 0.3) is 5.69 Å². The van der Waals surface area contributed by atoms with E-state index >= 15 is 0 Å². The molecule has 0 saturated carbocycles. The number of rotatable bonds is 3. The van der Waals surface area contributed by atoms with Gasteiger partial charge in [-0.05, 0) is 53.2 Å². The molecule has 2 heterocycles. The number of amides is 2. The van der Waals surface area contributed by atoms with Crippen molar-refractivity contribution in [2.75, 3.05) is 0 Å². The third-order valence-corrected chi connectivity index (χ3v) is 4.49. The minimum absolute atomic E-state index is 0.328. The average Bonchev–Trinajstić information content (AvgIpc) is 3.19. The van der Waals surface area contributed by atoms with Crippen LogP contribution < -0.4 is 10.9 Å². The first kappa shape index (κ1) is 17.4. The van der Waals surface area contributed by atoms with Crippen LogP contribution in [-0.2, 0) is 0 Å². The Bertz CT molecular complexity index is 930. The Balaban J connectivity index is 1.70. The molecule has 0 aliphatic rings. The summed E-state index contributed by atoms with van der Waals surface area (Å²) < 4.78 is 3.36. The zero-order valence-corrected chi connectivity index (χ0v) is 16.2. The molecule has 0 spiro atoms. The summed E-state index contributed by atoms with van der Waals surface area (Å²) in [5, 5.41) is 4.24. The molecule has 0 aliphatic carbocycles. The minimum Gasteiger partial charge on any atom is -0.356 e. The second-order valence-corrected chi connectivity index (χ2v) is 7.00. The van der Waals surface area contributed by atoms with E-state index in [1.54, 1.807) is 23.9 Å². The third-order valence-electron chi connectivity index (χ3n) is 3.51. The summed E-state index contributed by atoms with van der Waals surface area (Å²) in [7, 11) is 0. The van der Waals surface area contributed by atoms with Crippen molar-refractivity contribution in [2.45, 2.75) is 6.92 Å². The van der Waals surface area contributed by atoms with Crippen molar-refractivity contribution in [1.82, 2.24) is 25.6 Å². The normalized spacial score (nSPS) is 10.5. The first-order valence-corrected chi connectivity index (χ1v) is 8.79. The summed E-state index contributed by atoms with van der Waals surface area (Å²) in [5.74, 6) is -0.892. The largest absolute Gasteiger partial charge is 0.356 e. The van der Waals surface area contributed by atoms with Gasteiger partial charge in [0.15, 0.2) is 0 Å². The van der Waals surface area contributed by atoms with Gasteiger partial charge in [-0.1, -0.05) is 15.9 Å². The van der Waals surface area contributed by atoms with E-state index in [0.29, 0.717) is 17.0 Å². The molecule has 0 bridgehead atoms. The van der Waals surface area contributed by atoms with Crippen LogP contribution in [0.15, 0.2) is 51.7 Å². The van der Waals surface area contributed by atoms with Crippen molar-refractivity contribution >= 4 is 43.7 Å². The van der Waals surface area contributed by atoms with Crippen molar-refractivity contribution in [3.8, 4) is 5.69 Å². The Labute approximate surface area is 160 Å². The van der Waals surface area contributed by atoms with Crippen molar-refractivity contribution < 1.29 is 9.59 Å². The third kappa shape index (κ3) is 3.83. The van der Waals surface area contributed by atoms with Crippen LogP contribution in [0.5, 0.6) is 0 Å². The number of hydrazine groups is 1. The molecule has 1 aromatic carbocycles. The predicted molar refractivity (Wildman–Crippen MR) is 99.4 cm³/mol. The van der Waals surface area contributed by atoms with Crippen molar-refractivity contribution in [2.24, 2.45) is 0 Å². The maximum atomic E-state index is 12.3. The van der Waals surface area contributed by atoms with Gasteiger partial charge in [-0.2, -0.15) is 5.10 Å². The molecule has 0 radical (unpaired) electrons. The van der Waals surface area contributed by atoms with Crippen LogP contribution in [-0.4, -0.2) is 26.6 Å². The second kappa shape index (κ2) is 7.24. The molecule has 3 N–H and O–H groups in total. The van der Waals surface area contributed by atoms with Crippen molar-refractivity contribution in [3.63, 3.8) is 0 Å². The van der Waals surface area contributed by atoms with E-state index < -0.39 is 11.8 Å². The molecule has 3 rings (SSSR count). The SMILES string of the molecule is Cc1c(C(=O)NNC(=O)c2cc(Br)c[nH]2)cnn1-c1ccc(Br)cc1. The first-order valence-electron chi connectivity index (χ1n) is 7.21. The lowest BCUT2D eigenvalue weighted by atomic mass is 10.2. The van der Waals surface area contributed by atoms with E-state index in [1.165, 1.54) is 6.20 Å². The smallest absolute Gasteiger partial charge is 0.286 e. The molecule has 0 unspecified atom stereocenters. The Morgan fingerprint density at radius 3 is 2.40 bits per heavy atom. The van der Waals surface area contributed by atoms with E-state index in [1.807, 2.05) is 24.3 Å². The molecule has 0 saturated heterocycles. The highest BCUT2D eigenvalue weighted by Crippen LogP contribution is 2.17. The molecule has 128 valence electrons. The number of hydrogen-bond donors (Lipinski definition) is 3. The van der Waals surface area contributed by atoms with Crippen LogP contribution in [0.3, 0.4) is 0 Å². The number of halogens is 2. The fourth-order valence-electron chi connectivity index (χ4n) is 2.22. The maximum Gasteiger partial charge on any atom is 0.286 e. The van der Waals surface area contributed by atoms with Crippen LogP contribution in [0.4, 0.5) is 0 Å². The van der Waals surface area contributed by atoms with Gasteiger partial charge < -0.3 is 4.98 Å². The van der Waals surface area contributed by atoms with Gasteiger partial charge in [-0.15, -0.1) is 0 Å². The molecule has 3 aromatic rings. The Morgan fingerprint density at radius 1 is 1.08 bits per heavy atom. The average molecular weight is 467 g/mol. The fraction of sp³-hybridized carbons (Fsp3) is 0.0625. The lowest BCUT2D eigenvalue weighted by Crippen LogP contribution is -2.41. The summed E-state index contributed by atoms with van der Waals surface area (Å²) >= 11 is 6.62. The van der Waals surface area contributed by atoms with Gasteiger partial charge in [-0.3, -0.25) is 20.4 Å². The monoisotopic (exact) mass is 465 g/mol. The van der Waals surface area contributed by atoms with Gasteiger partial charge in [-0.25, -0.2) is 4.68 Å². The standard InChI is InChI=1S/C16H13Br2N5O2/c1-9-13(8-20-23(9)12-4-2-10(17)3-5-12)15(24)21-22-16(25)14-6-11(18)7-19-14/h2-8,19H,1H3,(H,21,24)(H,22,25). The molecular formula is C16H13Br2N5O2. The summed E-state index contributed by atoms with van der Waals surface area (Å²) in [6, 6.07) is 9.17. The highest BCUT2D eigenvalue weighted by atomic mass is 79.9. The van der Waals surface area contributed by atoms with Crippen molar-refractivity contribution in [3.05, 3.63) is 68.6 Å². The second-order valence-electron chi connectivity index (χ2n) is 5.17. The number of nitrogens with zero attached hydrogens (tertiary/aromatic N) is 2. The van der Waals surface area contributed by atoms with E-state index in [-0.39, 0.29) is 0 Å². The number of carbonyl (C=O) groups is 2. The van der Waals surface area contributed by atoms with Crippen LogP contribution >= 0.6 is 31.9 Å². The quantitative estimate of drug-likeness (QED) is 0.518. The highest BCUT2D eigenvalue weighted by Gasteiger charge is 2.16. The number of aromatic nitrogens is 3. The molecular weight excluding hydrogens is 454 g/mol. The van der Waals surface area contributed by atoms with E-state index in [9.17, 15) is 9.59 Å². The van der Waals surface area contributed by atoms with Gasteiger partial charge in [0, 0.05) is 15.1 Å². The van der Waals surface area contributed by atoms with Crippen molar-refractivity contribution in [1.29, 1.82) is 0 Å². The molecule has 2 aromatic heterocycles. The summed E-state index contributed by atoms with van der Waals surface area (Å²) in [6.07, 6.45) is 3.09. The molecule has 2 amide bonds. The Hall–Kier alpha value is -2.39. The number of aromatic amines is 1. The zero-order chi connectivity index (χ0) is 18.0. The highest BCUT2D eigenvalue weighted by molar-refractivity contribution is 9.10.